The van der Waals surface area contributed by atoms with Gasteiger partial charge in [0.05, 0.1) is 0 Å². The molecule has 0 saturated heterocycles. The van der Waals surface area contributed by atoms with Crippen LogP contribution < -0.4 is 10.6 Å². The Hall–Kier alpha value is -2.77. The Morgan fingerprint density at radius 2 is 1.56 bits per heavy atom. The number of amides is 3. The van der Waals surface area contributed by atoms with Crippen LogP contribution >= 0.6 is 0 Å². The number of para-hydroxylation sites is 1. The molecule has 41 heavy (non-hydrogen) atoms. The molecule has 1 aromatic carbocycles. The molecule has 1 rings (SSSR count). The van der Waals surface area contributed by atoms with Crippen LogP contribution in [0.3, 0.4) is 0 Å². The lowest BCUT2D eigenvalue weighted by atomic mass is 9.97. The third-order valence-electron chi connectivity index (χ3n) is 6.93. The Labute approximate surface area is 249 Å². The van der Waals surface area contributed by atoms with E-state index in [9.17, 15) is 19.5 Å². The average Bonchev–Trinajstić information content (AvgIpc) is 2.88. The van der Waals surface area contributed by atoms with Crippen molar-refractivity contribution >= 4 is 17.9 Å². The van der Waals surface area contributed by atoms with E-state index >= 15 is 0 Å². The summed E-state index contributed by atoms with van der Waals surface area (Å²) in [7, 11) is 0. The number of nitrogens with zero attached hydrogens (tertiary/aromatic N) is 1. The normalized spacial score (nSPS) is 13.0. The molecule has 0 aliphatic carbocycles. The van der Waals surface area contributed by atoms with Crippen LogP contribution in [-0.2, 0) is 14.3 Å². The minimum atomic E-state index is -1.03. The number of aryl methyl sites for hydroxylation is 1. The number of phenols is 1. The zero-order valence-corrected chi connectivity index (χ0v) is 27.0. The maximum atomic E-state index is 14.3. The van der Waals surface area contributed by atoms with E-state index in [0.717, 1.165) is 44.9 Å². The molecule has 1 aromatic rings. The molecule has 0 spiro atoms. The largest absolute Gasteiger partial charge is 0.507 e. The average molecular weight is 576 g/mol. The lowest BCUT2D eigenvalue weighted by molar-refractivity contribution is -0.143. The summed E-state index contributed by atoms with van der Waals surface area (Å²) in [6.45, 7) is 16.2. The van der Waals surface area contributed by atoms with Crippen LogP contribution in [0.4, 0.5) is 4.79 Å². The van der Waals surface area contributed by atoms with E-state index in [1.54, 1.807) is 50.8 Å². The van der Waals surface area contributed by atoms with Gasteiger partial charge < -0.3 is 25.4 Å². The van der Waals surface area contributed by atoms with E-state index in [0.29, 0.717) is 37.1 Å². The van der Waals surface area contributed by atoms with Gasteiger partial charge in [-0.25, -0.2) is 4.79 Å². The van der Waals surface area contributed by atoms with Gasteiger partial charge in [0.15, 0.2) is 0 Å². The molecule has 0 fully saturated rings. The molecule has 0 aliphatic rings. The first-order chi connectivity index (χ1) is 19.3. The molecule has 3 N–H and O–H groups in total. The molecule has 8 nitrogen and oxygen atoms in total. The number of hydrogen-bond donors (Lipinski definition) is 3. The fraction of sp³-hybridized carbons (Fsp3) is 0.727. The van der Waals surface area contributed by atoms with Crippen molar-refractivity contribution in [2.45, 2.75) is 137 Å². The number of rotatable bonds is 18. The van der Waals surface area contributed by atoms with Crippen molar-refractivity contribution in [2.24, 2.45) is 5.92 Å². The smallest absolute Gasteiger partial charge is 0.408 e. The van der Waals surface area contributed by atoms with Crippen molar-refractivity contribution in [1.29, 1.82) is 0 Å². The first-order valence-corrected chi connectivity index (χ1v) is 15.7. The number of aromatic hydroxyl groups is 1. The van der Waals surface area contributed by atoms with Crippen molar-refractivity contribution < 1.29 is 24.2 Å². The third kappa shape index (κ3) is 13.6. The molecule has 0 heterocycles. The van der Waals surface area contributed by atoms with Gasteiger partial charge in [0, 0.05) is 18.7 Å². The summed E-state index contributed by atoms with van der Waals surface area (Å²) in [6, 6.07) is 3.36. The van der Waals surface area contributed by atoms with Crippen molar-refractivity contribution in [1.82, 2.24) is 15.5 Å². The molecule has 2 unspecified atom stereocenters. The van der Waals surface area contributed by atoms with Crippen molar-refractivity contribution in [3.8, 4) is 5.75 Å². The fourth-order valence-corrected chi connectivity index (χ4v) is 4.81. The molecule has 8 heteroatoms. The maximum absolute atomic E-state index is 14.3. The SMILES string of the molecule is CCCCCCCCN(C(=O)C(CC(C)C)NC(=O)OC(C)(C)C)C(C(=O)NCCCCC)c1cccc(C)c1O. The Bertz CT molecular complexity index is 941. The van der Waals surface area contributed by atoms with E-state index in [1.807, 2.05) is 13.8 Å². The molecule has 2 atom stereocenters. The minimum Gasteiger partial charge on any atom is -0.507 e. The number of nitrogens with one attached hydrogen (secondary N) is 2. The molecule has 0 bridgehead atoms. The van der Waals surface area contributed by atoms with Gasteiger partial charge in [-0.05, 0) is 58.4 Å². The number of benzene rings is 1. The highest BCUT2D eigenvalue weighted by molar-refractivity contribution is 5.92. The lowest BCUT2D eigenvalue weighted by Crippen LogP contribution is -2.53. The fourth-order valence-electron chi connectivity index (χ4n) is 4.81. The van der Waals surface area contributed by atoms with E-state index < -0.39 is 23.8 Å². The second kappa shape index (κ2) is 18.6. The van der Waals surface area contributed by atoms with Gasteiger partial charge >= 0.3 is 6.09 Å². The highest BCUT2D eigenvalue weighted by atomic mass is 16.6. The molecule has 234 valence electrons. The summed E-state index contributed by atoms with van der Waals surface area (Å²) in [5.41, 5.74) is 0.295. The zero-order valence-electron chi connectivity index (χ0n) is 27.0. The second-order valence-electron chi connectivity index (χ2n) is 12.5. The number of alkyl carbamates (subject to hydrolysis) is 1. The van der Waals surface area contributed by atoms with Crippen LogP contribution in [0.2, 0.25) is 0 Å². The molecular weight excluding hydrogens is 518 g/mol. The van der Waals surface area contributed by atoms with Crippen LogP contribution in [0.5, 0.6) is 5.75 Å². The highest BCUT2D eigenvalue weighted by Gasteiger charge is 2.37. The minimum absolute atomic E-state index is 0.00228. The molecule has 0 radical (unpaired) electrons. The van der Waals surface area contributed by atoms with Crippen LogP contribution in [-0.4, -0.2) is 52.6 Å². The zero-order chi connectivity index (χ0) is 31.0. The van der Waals surface area contributed by atoms with Crippen LogP contribution in [0.25, 0.3) is 0 Å². The maximum Gasteiger partial charge on any atom is 0.408 e. The lowest BCUT2D eigenvalue weighted by Gasteiger charge is -2.35. The highest BCUT2D eigenvalue weighted by Crippen LogP contribution is 2.33. The number of hydrogen-bond acceptors (Lipinski definition) is 5. The molecule has 3 amide bonds. The van der Waals surface area contributed by atoms with Gasteiger partial charge in [0.25, 0.3) is 0 Å². The molecular formula is C33H57N3O5. The summed E-state index contributed by atoms with van der Waals surface area (Å²) >= 11 is 0. The van der Waals surface area contributed by atoms with Gasteiger partial charge in [-0.3, -0.25) is 9.59 Å². The number of ether oxygens (including phenoxy) is 1. The van der Waals surface area contributed by atoms with Gasteiger partial charge in [-0.1, -0.05) is 90.8 Å². The standard InChI is InChI=1S/C33H57N3O5/c1-9-11-13-14-15-17-22-36(31(39)27(23-24(3)4)35-32(40)41-33(6,7)8)28(30(38)34-21-16-12-10-2)26-20-18-19-25(5)29(26)37/h18-20,24,27-28,37H,9-17,21-23H2,1-8H3,(H,34,38)(H,35,40). The first-order valence-electron chi connectivity index (χ1n) is 15.7. The topological polar surface area (TPSA) is 108 Å². The summed E-state index contributed by atoms with van der Waals surface area (Å²) < 4.78 is 5.48. The van der Waals surface area contributed by atoms with Crippen LogP contribution in [0.1, 0.15) is 130 Å². The Balaban J connectivity index is 3.49. The van der Waals surface area contributed by atoms with Crippen molar-refractivity contribution in [2.75, 3.05) is 13.1 Å². The van der Waals surface area contributed by atoms with Crippen molar-refractivity contribution in [3.63, 3.8) is 0 Å². The van der Waals surface area contributed by atoms with Gasteiger partial charge in [0.2, 0.25) is 11.8 Å². The number of phenolic OH excluding ortho intramolecular Hbond substituents is 1. The van der Waals surface area contributed by atoms with Crippen molar-refractivity contribution in [3.05, 3.63) is 29.3 Å². The summed E-state index contributed by atoms with van der Waals surface area (Å²) in [4.78, 5) is 42.5. The summed E-state index contributed by atoms with van der Waals surface area (Å²) in [6.07, 6.45) is 8.66. The van der Waals surface area contributed by atoms with E-state index in [2.05, 4.69) is 24.5 Å². The predicted octanol–water partition coefficient (Wildman–Crippen LogP) is 7.18. The molecule has 0 saturated carbocycles. The van der Waals surface area contributed by atoms with Gasteiger partial charge in [-0.15, -0.1) is 0 Å². The number of carbonyl (C=O) groups excluding carboxylic acids is 3. The Morgan fingerprint density at radius 1 is 0.951 bits per heavy atom. The van der Waals surface area contributed by atoms with E-state index in [-0.39, 0.29) is 23.5 Å². The summed E-state index contributed by atoms with van der Waals surface area (Å²) in [5.74, 6) is -0.583. The summed E-state index contributed by atoms with van der Waals surface area (Å²) in [5, 5.41) is 16.9. The van der Waals surface area contributed by atoms with E-state index in [1.165, 1.54) is 6.42 Å². The molecule has 0 aliphatic heterocycles. The third-order valence-corrected chi connectivity index (χ3v) is 6.93. The Morgan fingerprint density at radius 3 is 2.17 bits per heavy atom. The Kier molecular flexibility index (Phi) is 16.5. The first kappa shape index (κ1) is 36.3. The number of carbonyl (C=O) groups is 3. The van der Waals surface area contributed by atoms with Gasteiger partial charge in [-0.2, -0.15) is 0 Å². The quantitative estimate of drug-likeness (QED) is 0.161. The molecule has 0 aromatic heterocycles. The predicted molar refractivity (Wildman–Crippen MR) is 166 cm³/mol. The number of unbranched alkanes of at least 4 members (excludes halogenated alkanes) is 7. The van der Waals surface area contributed by atoms with Gasteiger partial charge in [0.1, 0.15) is 23.4 Å². The van der Waals surface area contributed by atoms with Crippen LogP contribution in [0.15, 0.2) is 18.2 Å². The monoisotopic (exact) mass is 575 g/mol. The second-order valence-corrected chi connectivity index (χ2v) is 12.5. The van der Waals surface area contributed by atoms with E-state index in [4.69, 9.17) is 4.74 Å². The van der Waals surface area contributed by atoms with Crippen LogP contribution in [0, 0.1) is 12.8 Å².